The van der Waals surface area contributed by atoms with E-state index in [1.807, 2.05) is 4.90 Å². The Kier molecular flexibility index (Phi) is 5.79. The van der Waals surface area contributed by atoms with Gasteiger partial charge in [0.2, 0.25) is 0 Å². The van der Waals surface area contributed by atoms with Gasteiger partial charge in [0.25, 0.3) is 0 Å². The third-order valence-electron chi connectivity index (χ3n) is 4.34. The highest BCUT2D eigenvalue weighted by atomic mass is 35.5. The van der Waals surface area contributed by atoms with Gasteiger partial charge in [-0.2, -0.15) is 13.2 Å². The zero-order valence-corrected chi connectivity index (χ0v) is 14.3. The summed E-state index contributed by atoms with van der Waals surface area (Å²) in [5.41, 5.74) is -1.96. The van der Waals surface area contributed by atoms with Crippen molar-refractivity contribution in [3.8, 4) is 0 Å². The van der Waals surface area contributed by atoms with Gasteiger partial charge in [0.1, 0.15) is 5.82 Å². The Morgan fingerprint density at radius 1 is 1.25 bits per heavy atom. The molecule has 2 rings (SSSR count). The van der Waals surface area contributed by atoms with Crippen LogP contribution in [0.5, 0.6) is 0 Å². The van der Waals surface area contributed by atoms with E-state index in [-0.39, 0.29) is 12.2 Å². The van der Waals surface area contributed by atoms with Crippen LogP contribution >= 0.6 is 11.6 Å². The van der Waals surface area contributed by atoms with Gasteiger partial charge in [0.05, 0.1) is 10.6 Å². The third-order valence-corrected chi connectivity index (χ3v) is 4.62. The van der Waals surface area contributed by atoms with Gasteiger partial charge in [-0.3, -0.25) is 4.90 Å². The Bertz CT molecular complexity index is 586. The Labute approximate surface area is 143 Å². The van der Waals surface area contributed by atoms with E-state index in [9.17, 15) is 22.7 Å². The van der Waals surface area contributed by atoms with E-state index in [1.165, 1.54) is 0 Å². The number of alkyl halides is 3. The number of hydrogen-bond acceptors (Lipinski definition) is 3. The molecule has 0 radical (unpaired) electrons. The van der Waals surface area contributed by atoms with Crippen molar-refractivity contribution < 1.29 is 22.7 Å². The molecule has 0 saturated carbocycles. The van der Waals surface area contributed by atoms with Gasteiger partial charge in [-0.25, -0.2) is 4.39 Å². The molecule has 1 fully saturated rings. The number of benzene rings is 1. The number of nitrogens with zero attached hydrogens (tertiary/aromatic N) is 1. The normalized spacial score (nSPS) is 18.7. The Morgan fingerprint density at radius 2 is 1.83 bits per heavy atom. The molecule has 1 atom stereocenters. The van der Waals surface area contributed by atoms with E-state index < -0.39 is 34.0 Å². The topological polar surface area (TPSA) is 35.5 Å². The van der Waals surface area contributed by atoms with Gasteiger partial charge in [0.15, 0.2) is 0 Å². The van der Waals surface area contributed by atoms with Gasteiger partial charge < -0.3 is 10.4 Å². The number of hydrogen-bond donors (Lipinski definition) is 2. The Morgan fingerprint density at radius 3 is 2.33 bits per heavy atom. The van der Waals surface area contributed by atoms with Crippen LogP contribution in [0.2, 0.25) is 5.02 Å². The lowest BCUT2D eigenvalue weighted by atomic mass is 9.79. The van der Waals surface area contributed by atoms with Crippen LogP contribution < -0.4 is 5.32 Å². The number of rotatable bonds is 4. The molecule has 2 N–H and O–H groups in total. The molecule has 0 aromatic heterocycles. The molecule has 0 aliphatic carbocycles. The summed E-state index contributed by atoms with van der Waals surface area (Å²) in [6.07, 6.45) is -4.62. The van der Waals surface area contributed by atoms with Gasteiger partial charge in [-0.15, -0.1) is 0 Å². The van der Waals surface area contributed by atoms with Crippen molar-refractivity contribution in [3.63, 3.8) is 0 Å². The molecule has 0 unspecified atom stereocenters. The average Bonchev–Trinajstić information content (AvgIpc) is 2.51. The van der Waals surface area contributed by atoms with Crippen molar-refractivity contribution >= 4 is 11.6 Å². The van der Waals surface area contributed by atoms with Crippen molar-refractivity contribution in [2.24, 2.45) is 5.41 Å². The second-order valence-electron chi connectivity index (χ2n) is 6.69. The molecule has 1 saturated heterocycles. The number of piperazine rings is 1. The second-order valence-corrected chi connectivity index (χ2v) is 7.10. The molecule has 1 aromatic carbocycles. The summed E-state index contributed by atoms with van der Waals surface area (Å²) in [6.45, 7) is 5.48. The number of halogens is 5. The highest BCUT2D eigenvalue weighted by molar-refractivity contribution is 6.30. The van der Waals surface area contributed by atoms with Crippen molar-refractivity contribution in [3.05, 3.63) is 34.1 Å². The van der Waals surface area contributed by atoms with E-state index in [0.717, 1.165) is 6.07 Å². The fourth-order valence-corrected chi connectivity index (χ4v) is 3.34. The number of aliphatic hydroxyl groups excluding tert-OH is 1. The molecule has 0 amide bonds. The molecular formula is C16H21ClF4N2O. The molecule has 1 aliphatic rings. The molecule has 136 valence electrons. The van der Waals surface area contributed by atoms with Gasteiger partial charge in [-0.05, 0) is 12.1 Å². The molecule has 1 aliphatic heterocycles. The van der Waals surface area contributed by atoms with Crippen LogP contribution in [0.25, 0.3) is 0 Å². The quantitative estimate of drug-likeness (QED) is 0.799. The van der Waals surface area contributed by atoms with Gasteiger partial charge >= 0.3 is 6.18 Å². The predicted molar refractivity (Wildman–Crippen MR) is 84.5 cm³/mol. The summed E-state index contributed by atoms with van der Waals surface area (Å²) in [6, 6.07) is 0.691. The molecular weight excluding hydrogens is 348 g/mol. The highest BCUT2D eigenvalue weighted by Gasteiger charge is 2.40. The molecule has 1 heterocycles. The van der Waals surface area contributed by atoms with Crippen LogP contribution in [0.4, 0.5) is 17.6 Å². The summed E-state index contributed by atoms with van der Waals surface area (Å²) in [5, 5.41) is 12.3. The van der Waals surface area contributed by atoms with Gasteiger partial charge in [-0.1, -0.05) is 25.4 Å². The largest absolute Gasteiger partial charge is 0.416 e. The van der Waals surface area contributed by atoms with E-state index >= 15 is 0 Å². The minimum absolute atomic E-state index is 0.129. The first-order valence-electron chi connectivity index (χ1n) is 7.69. The predicted octanol–water partition coefficient (Wildman–Crippen LogP) is 3.46. The van der Waals surface area contributed by atoms with E-state index in [1.54, 1.807) is 13.8 Å². The second kappa shape index (κ2) is 7.15. The maximum atomic E-state index is 14.6. The van der Waals surface area contributed by atoms with Crippen molar-refractivity contribution in [1.29, 1.82) is 0 Å². The summed E-state index contributed by atoms with van der Waals surface area (Å²) in [5.74, 6) is -0.866. The molecule has 1 aromatic rings. The Balaban J connectivity index is 2.58. The van der Waals surface area contributed by atoms with Crippen LogP contribution in [-0.2, 0) is 6.18 Å². The fraction of sp³-hybridized carbons (Fsp3) is 0.625. The fourth-order valence-electron chi connectivity index (χ4n) is 3.11. The first kappa shape index (κ1) is 19.4. The lowest BCUT2D eigenvalue weighted by molar-refractivity contribution is -0.137. The molecule has 3 nitrogen and oxygen atoms in total. The zero-order valence-electron chi connectivity index (χ0n) is 13.6. The maximum Gasteiger partial charge on any atom is 0.416 e. The minimum atomic E-state index is -4.62. The summed E-state index contributed by atoms with van der Waals surface area (Å²) in [7, 11) is 0. The van der Waals surface area contributed by atoms with Crippen LogP contribution in [0.15, 0.2) is 12.1 Å². The zero-order chi connectivity index (χ0) is 18.1. The molecule has 0 bridgehead atoms. The first-order valence-corrected chi connectivity index (χ1v) is 8.07. The molecule has 24 heavy (non-hydrogen) atoms. The highest BCUT2D eigenvalue weighted by Crippen LogP contribution is 2.43. The lowest BCUT2D eigenvalue weighted by Crippen LogP contribution is -2.49. The molecule has 8 heteroatoms. The van der Waals surface area contributed by atoms with Crippen molar-refractivity contribution in [2.75, 3.05) is 32.8 Å². The van der Waals surface area contributed by atoms with E-state index in [4.69, 9.17) is 11.6 Å². The van der Waals surface area contributed by atoms with Crippen molar-refractivity contribution in [2.45, 2.75) is 26.1 Å². The maximum absolute atomic E-state index is 14.6. The Hall–Kier alpha value is -0.890. The third kappa shape index (κ3) is 4.02. The average molecular weight is 369 g/mol. The van der Waals surface area contributed by atoms with Gasteiger partial charge in [0, 0.05) is 49.8 Å². The number of aliphatic hydroxyl groups is 1. The van der Waals surface area contributed by atoms with Crippen molar-refractivity contribution in [1.82, 2.24) is 10.2 Å². The first-order chi connectivity index (χ1) is 11.1. The summed E-state index contributed by atoms with van der Waals surface area (Å²) < 4.78 is 53.9. The van der Waals surface area contributed by atoms with Crippen LogP contribution in [0, 0.1) is 11.2 Å². The van der Waals surface area contributed by atoms with E-state index in [2.05, 4.69) is 5.32 Å². The number of nitrogens with one attached hydrogen (secondary N) is 1. The van der Waals surface area contributed by atoms with Crippen LogP contribution in [-0.4, -0.2) is 42.8 Å². The van der Waals surface area contributed by atoms with Crippen LogP contribution in [0.3, 0.4) is 0 Å². The van der Waals surface area contributed by atoms with E-state index in [0.29, 0.717) is 32.2 Å². The molecule has 0 spiro atoms. The monoisotopic (exact) mass is 368 g/mol. The lowest BCUT2D eigenvalue weighted by Gasteiger charge is -2.43. The summed E-state index contributed by atoms with van der Waals surface area (Å²) >= 11 is 5.73. The standard InChI is InChI=1S/C16H21ClF4N2O/c1-15(2,9-24)14(23-5-3-22-4-6-23)11-7-10(16(19,20)21)8-12(17)13(11)18/h7-8,14,22,24H,3-6,9H2,1-2H3/t14-/m0/s1. The minimum Gasteiger partial charge on any atom is -0.396 e. The summed E-state index contributed by atoms with van der Waals surface area (Å²) in [4.78, 5) is 1.89. The smallest absolute Gasteiger partial charge is 0.396 e. The SMILES string of the molecule is CC(C)(CO)[C@H](c1cc(C(F)(F)F)cc(Cl)c1F)N1CCNCC1. The van der Waals surface area contributed by atoms with Crippen LogP contribution in [0.1, 0.15) is 31.0 Å².